The summed E-state index contributed by atoms with van der Waals surface area (Å²) in [7, 11) is 1.60. The Hall–Kier alpha value is -1.92. The summed E-state index contributed by atoms with van der Waals surface area (Å²) in [6.07, 6.45) is 1.61. The fourth-order valence-corrected chi connectivity index (χ4v) is 2.39. The van der Waals surface area contributed by atoms with Gasteiger partial charge in [0.2, 0.25) is 0 Å². The van der Waals surface area contributed by atoms with Gasteiger partial charge in [0.15, 0.2) is 0 Å². The van der Waals surface area contributed by atoms with Gasteiger partial charge in [0.1, 0.15) is 5.82 Å². The second kappa shape index (κ2) is 7.91. The molecule has 5 nitrogen and oxygen atoms in total. The van der Waals surface area contributed by atoms with Gasteiger partial charge in [-0.15, -0.1) is 0 Å². The van der Waals surface area contributed by atoms with E-state index in [1.165, 1.54) is 0 Å². The molecule has 1 aromatic carbocycles. The summed E-state index contributed by atoms with van der Waals surface area (Å²) in [6, 6.07) is 9.35. The van der Waals surface area contributed by atoms with Crippen LogP contribution in [0, 0.1) is 6.92 Å². The van der Waals surface area contributed by atoms with Gasteiger partial charge in [-0.3, -0.25) is 4.79 Å². The average Bonchev–Trinajstić information content (AvgIpc) is 2.50. The third-order valence-electron chi connectivity index (χ3n) is 3.07. The van der Waals surface area contributed by atoms with Gasteiger partial charge in [0.25, 0.3) is 5.91 Å². The number of aryl methyl sites for hydroxylation is 1. The van der Waals surface area contributed by atoms with Crippen LogP contribution in [0.15, 0.2) is 41.0 Å². The Labute approximate surface area is 138 Å². The molecule has 1 aromatic heterocycles. The van der Waals surface area contributed by atoms with E-state index in [1.807, 2.05) is 25.1 Å². The van der Waals surface area contributed by atoms with E-state index < -0.39 is 0 Å². The van der Waals surface area contributed by atoms with Crippen LogP contribution in [0.4, 0.5) is 11.5 Å². The van der Waals surface area contributed by atoms with Gasteiger partial charge in [0, 0.05) is 35.6 Å². The highest BCUT2D eigenvalue weighted by Gasteiger charge is 2.07. The first kappa shape index (κ1) is 16.5. The molecule has 22 heavy (non-hydrogen) atoms. The van der Waals surface area contributed by atoms with Crippen molar-refractivity contribution < 1.29 is 9.53 Å². The van der Waals surface area contributed by atoms with E-state index in [-0.39, 0.29) is 5.91 Å². The zero-order valence-corrected chi connectivity index (χ0v) is 14.1. The fourth-order valence-electron chi connectivity index (χ4n) is 1.91. The lowest BCUT2D eigenvalue weighted by atomic mass is 10.2. The number of amides is 1. The number of nitrogens with one attached hydrogen (secondary N) is 2. The van der Waals surface area contributed by atoms with Gasteiger partial charge >= 0.3 is 0 Å². The number of halogens is 1. The molecule has 2 aromatic rings. The number of hydrogen-bond donors (Lipinski definition) is 2. The lowest BCUT2D eigenvalue weighted by molar-refractivity contribution is 0.0937. The molecule has 0 unspecified atom stereocenters. The molecular weight excluding hydrogens is 346 g/mol. The topological polar surface area (TPSA) is 63.2 Å². The highest BCUT2D eigenvalue weighted by atomic mass is 79.9. The number of pyridine rings is 1. The predicted molar refractivity (Wildman–Crippen MR) is 90.6 cm³/mol. The first-order valence-corrected chi connectivity index (χ1v) is 7.66. The number of carbonyl (C=O) groups excluding carboxylic acids is 1. The summed E-state index contributed by atoms with van der Waals surface area (Å²) in [5.41, 5.74) is 2.60. The van der Waals surface area contributed by atoms with Crippen LogP contribution in [0.5, 0.6) is 0 Å². The molecule has 0 aliphatic carbocycles. The molecule has 6 heteroatoms. The van der Waals surface area contributed by atoms with Crippen molar-refractivity contribution in [3.8, 4) is 0 Å². The Morgan fingerprint density at radius 1 is 1.32 bits per heavy atom. The lowest BCUT2D eigenvalue weighted by Crippen LogP contribution is -2.27. The summed E-state index contributed by atoms with van der Waals surface area (Å²) >= 11 is 3.44. The molecule has 0 spiro atoms. The SMILES string of the molecule is COCCNC(=O)c1ccnc(Nc2ccc(Br)cc2C)c1. The Morgan fingerprint density at radius 3 is 2.86 bits per heavy atom. The van der Waals surface area contributed by atoms with Crippen molar-refractivity contribution in [3.05, 3.63) is 52.1 Å². The van der Waals surface area contributed by atoms with Crippen molar-refractivity contribution in [1.29, 1.82) is 0 Å². The minimum absolute atomic E-state index is 0.143. The zero-order chi connectivity index (χ0) is 15.9. The van der Waals surface area contributed by atoms with Crippen LogP contribution in [0.25, 0.3) is 0 Å². The van der Waals surface area contributed by atoms with E-state index in [2.05, 4.69) is 31.5 Å². The molecule has 116 valence electrons. The molecule has 0 aliphatic rings. The second-order valence-electron chi connectivity index (χ2n) is 4.76. The highest BCUT2D eigenvalue weighted by molar-refractivity contribution is 9.10. The van der Waals surface area contributed by atoms with E-state index in [1.54, 1.807) is 25.4 Å². The largest absolute Gasteiger partial charge is 0.383 e. The number of ether oxygens (including phenoxy) is 1. The van der Waals surface area contributed by atoms with E-state index >= 15 is 0 Å². The molecule has 0 saturated carbocycles. The molecule has 2 rings (SSSR count). The van der Waals surface area contributed by atoms with E-state index in [0.717, 1.165) is 15.7 Å². The van der Waals surface area contributed by atoms with Crippen LogP contribution in [0.3, 0.4) is 0 Å². The first-order valence-electron chi connectivity index (χ1n) is 6.86. The number of hydrogen-bond acceptors (Lipinski definition) is 4. The molecule has 0 atom stereocenters. The summed E-state index contributed by atoms with van der Waals surface area (Å²) in [5.74, 6) is 0.486. The van der Waals surface area contributed by atoms with Gasteiger partial charge in [-0.05, 0) is 42.8 Å². The number of benzene rings is 1. The maximum Gasteiger partial charge on any atom is 0.251 e. The molecule has 1 amide bonds. The minimum atomic E-state index is -0.143. The third kappa shape index (κ3) is 4.54. The molecular formula is C16H18BrN3O2. The standard InChI is InChI=1S/C16H18BrN3O2/c1-11-9-13(17)3-4-14(11)20-15-10-12(5-6-18-15)16(21)19-7-8-22-2/h3-6,9-10H,7-8H2,1-2H3,(H,18,20)(H,19,21). The van der Waals surface area contributed by atoms with Crippen molar-refractivity contribution in [2.24, 2.45) is 0 Å². The number of carbonyl (C=O) groups is 1. The van der Waals surface area contributed by atoms with Gasteiger partial charge < -0.3 is 15.4 Å². The van der Waals surface area contributed by atoms with Gasteiger partial charge in [-0.25, -0.2) is 4.98 Å². The predicted octanol–water partition coefficient (Wildman–Crippen LogP) is 3.27. The second-order valence-corrected chi connectivity index (χ2v) is 5.68. The fraction of sp³-hybridized carbons (Fsp3) is 0.250. The summed E-state index contributed by atoms with van der Waals surface area (Å²) < 4.78 is 5.93. The highest BCUT2D eigenvalue weighted by Crippen LogP contribution is 2.23. The average molecular weight is 364 g/mol. The normalized spacial score (nSPS) is 10.3. The van der Waals surface area contributed by atoms with Crippen LogP contribution in [-0.4, -0.2) is 31.2 Å². The van der Waals surface area contributed by atoms with Crippen LogP contribution < -0.4 is 10.6 Å². The van der Waals surface area contributed by atoms with Crippen LogP contribution in [-0.2, 0) is 4.74 Å². The molecule has 1 heterocycles. The monoisotopic (exact) mass is 363 g/mol. The number of methoxy groups -OCH3 is 1. The molecule has 0 aliphatic heterocycles. The van der Waals surface area contributed by atoms with E-state index in [9.17, 15) is 4.79 Å². The molecule has 2 N–H and O–H groups in total. The Bertz CT molecular complexity index is 662. The Balaban J connectivity index is 2.09. The minimum Gasteiger partial charge on any atom is -0.383 e. The quantitative estimate of drug-likeness (QED) is 0.773. The van der Waals surface area contributed by atoms with Crippen molar-refractivity contribution in [1.82, 2.24) is 10.3 Å². The van der Waals surface area contributed by atoms with E-state index in [4.69, 9.17) is 4.74 Å². The zero-order valence-electron chi connectivity index (χ0n) is 12.5. The molecule has 0 saturated heterocycles. The van der Waals surface area contributed by atoms with Crippen LogP contribution in [0.1, 0.15) is 15.9 Å². The summed E-state index contributed by atoms with van der Waals surface area (Å²) in [5, 5.41) is 6.01. The number of aromatic nitrogens is 1. The number of rotatable bonds is 6. The first-order chi connectivity index (χ1) is 10.6. The maximum absolute atomic E-state index is 12.0. The Morgan fingerprint density at radius 2 is 2.14 bits per heavy atom. The van der Waals surface area contributed by atoms with Gasteiger partial charge in [-0.1, -0.05) is 15.9 Å². The van der Waals surface area contributed by atoms with Gasteiger partial charge in [-0.2, -0.15) is 0 Å². The van der Waals surface area contributed by atoms with Crippen LogP contribution >= 0.6 is 15.9 Å². The summed E-state index contributed by atoms with van der Waals surface area (Å²) in [4.78, 5) is 16.3. The van der Waals surface area contributed by atoms with Crippen molar-refractivity contribution >= 4 is 33.3 Å². The third-order valence-corrected chi connectivity index (χ3v) is 3.56. The number of anilines is 2. The molecule has 0 bridgehead atoms. The molecule has 0 radical (unpaired) electrons. The van der Waals surface area contributed by atoms with E-state index in [0.29, 0.717) is 24.5 Å². The lowest BCUT2D eigenvalue weighted by Gasteiger charge is -2.10. The maximum atomic E-state index is 12.0. The van der Waals surface area contributed by atoms with Crippen molar-refractivity contribution in [3.63, 3.8) is 0 Å². The summed E-state index contributed by atoms with van der Waals surface area (Å²) in [6.45, 7) is 2.97. The number of nitrogens with zero attached hydrogens (tertiary/aromatic N) is 1. The Kier molecular flexibility index (Phi) is 5.91. The van der Waals surface area contributed by atoms with Crippen molar-refractivity contribution in [2.75, 3.05) is 25.6 Å². The van der Waals surface area contributed by atoms with Crippen molar-refractivity contribution in [2.45, 2.75) is 6.92 Å². The van der Waals surface area contributed by atoms with Crippen LogP contribution in [0.2, 0.25) is 0 Å². The molecule has 0 fully saturated rings. The smallest absolute Gasteiger partial charge is 0.251 e. The van der Waals surface area contributed by atoms with Gasteiger partial charge in [0.05, 0.1) is 6.61 Å².